The summed E-state index contributed by atoms with van der Waals surface area (Å²) >= 11 is 5.36. The van der Waals surface area contributed by atoms with Gasteiger partial charge in [0.25, 0.3) is 5.91 Å². The highest BCUT2D eigenvalue weighted by Gasteiger charge is 2.18. The molecular weight excluding hydrogens is 508 g/mol. The quantitative estimate of drug-likeness (QED) is 0.170. The number of benzene rings is 2. The van der Waals surface area contributed by atoms with Crippen molar-refractivity contribution < 1.29 is 28.5 Å². The molecule has 1 fully saturated rings. The van der Waals surface area contributed by atoms with E-state index in [9.17, 15) is 4.79 Å². The number of carbonyl (C=O) groups excluding carboxylic acids is 1. The van der Waals surface area contributed by atoms with Gasteiger partial charge in [0, 0.05) is 57.6 Å². The van der Waals surface area contributed by atoms with Gasteiger partial charge in [-0.2, -0.15) is 0 Å². The van der Waals surface area contributed by atoms with Crippen molar-refractivity contribution in [2.45, 2.75) is 19.9 Å². The van der Waals surface area contributed by atoms with Crippen LogP contribution in [0.15, 0.2) is 36.4 Å². The largest absolute Gasteiger partial charge is 0.467 e. The van der Waals surface area contributed by atoms with Gasteiger partial charge < -0.3 is 29.0 Å². The van der Waals surface area contributed by atoms with E-state index in [-0.39, 0.29) is 30.0 Å². The predicted molar refractivity (Wildman–Crippen MR) is 148 cm³/mol. The highest BCUT2D eigenvalue weighted by Crippen LogP contribution is 2.30. The van der Waals surface area contributed by atoms with Crippen molar-refractivity contribution in [1.29, 1.82) is 0 Å². The zero-order valence-electron chi connectivity index (χ0n) is 21.9. The van der Waals surface area contributed by atoms with Crippen molar-refractivity contribution in [2.24, 2.45) is 0 Å². The van der Waals surface area contributed by atoms with Crippen molar-refractivity contribution in [3.05, 3.63) is 53.1 Å². The number of rotatable bonds is 11. The van der Waals surface area contributed by atoms with Crippen LogP contribution in [0.4, 0.5) is 5.69 Å². The first kappa shape index (κ1) is 29.2. The van der Waals surface area contributed by atoms with Crippen LogP contribution in [-0.4, -0.2) is 70.0 Å². The number of hydrazine groups is 1. The van der Waals surface area contributed by atoms with Crippen LogP contribution < -0.4 is 25.6 Å². The lowest BCUT2D eigenvalue weighted by molar-refractivity contribution is 0.0342. The molecule has 0 aliphatic carbocycles. The van der Waals surface area contributed by atoms with Gasteiger partial charge in [-0.1, -0.05) is 18.1 Å². The minimum atomic E-state index is -0.454. The fraction of sp³-hybridized carbons (Fsp3) is 0.407. The van der Waals surface area contributed by atoms with Gasteiger partial charge in [-0.15, -0.1) is 5.92 Å². The highest BCUT2D eigenvalue weighted by molar-refractivity contribution is 7.80. The first-order valence-corrected chi connectivity index (χ1v) is 12.5. The number of morpholine rings is 1. The fourth-order valence-corrected chi connectivity index (χ4v) is 3.83. The van der Waals surface area contributed by atoms with Crippen molar-refractivity contribution >= 4 is 28.9 Å². The molecule has 11 heteroatoms. The predicted octanol–water partition coefficient (Wildman–Crippen LogP) is 2.68. The van der Waals surface area contributed by atoms with Crippen LogP contribution in [-0.2, 0) is 27.2 Å². The van der Waals surface area contributed by atoms with Gasteiger partial charge in [-0.3, -0.25) is 20.5 Å². The first-order chi connectivity index (χ1) is 18.5. The number of ether oxygens (including phenoxy) is 5. The van der Waals surface area contributed by atoms with Crippen LogP contribution in [0.1, 0.15) is 28.4 Å². The molecule has 2 aromatic rings. The summed E-state index contributed by atoms with van der Waals surface area (Å²) in [6.07, 6.45) is 0.384. The molecule has 38 heavy (non-hydrogen) atoms. The Hall–Kier alpha value is -3.40. The summed E-state index contributed by atoms with van der Waals surface area (Å²) < 4.78 is 26.7. The summed E-state index contributed by atoms with van der Waals surface area (Å²) in [5.74, 6) is 6.17. The molecule has 0 atom stereocenters. The van der Waals surface area contributed by atoms with Gasteiger partial charge in [-0.05, 0) is 42.9 Å². The second-order valence-electron chi connectivity index (χ2n) is 8.28. The number of nitrogens with one attached hydrogen (secondary N) is 3. The van der Waals surface area contributed by atoms with E-state index >= 15 is 0 Å². The van der Waals surface area contributed by atoms with Crippen molar-refractivity contribution in [1.82, 2.24) is 15.8 Å². The zero-order valence-corrected chi connectivity index (χ0v) is 22.7. The van der Waals surface area contributed by atoms with E-state index in [1.165, 1.54) is 19.8 Å². The van der Waals surface area contributed by atoms with E-state index in [4.69, 9.17) is 35.9 Å². The molecule has 0 saturated carbocycles. The summed E-state index contributed by atoms with van der Waals surface area (Å²) in [5, 5.41) is 3.30. The Labute approximate surface area is 228 Å². The Kier molecular flexibility index (Phi) is 12.1. The average Bonchev–Trinajstić information content (AvgIpc) is 2.94. The minimum Gasteiger partial charge on any atom is -0.467 e. The maximum Gasteiger partial charge on any atom is 0.273 e. The van der Waals surface area contributed by atoms with E-state index in [0.29, 0.717) is 17.7 Å². The molecule has 0 aromatic heterocycles. The Morgan fingerprint density at radius 1 is 1.03 bits per heavy atom. The second kappa shape index (κ2) is 15.8. The molecule has 3 rings (SSSR count). The molecule has 1 aliphatic heterocycles. The summed E-state index contributed by atoms with van der Waals surface area (Å²) in [4.78, 5) is 15.4. The summed E-state index contributed by atoms with van der Waals surface area (Å²) in [5.41, 5.74) is 8.33. The number of carbonyl (C=O) groups is 1. The number of hydrogen-bond donors (Lipinski definition) is 3. The van der Waals surface area contributed by atoms with E-state index in [1.807, 2.05) is 24.3 Å². The smallest absolute Gasteiger partial charge is 0.273 e. The van der Waals surface area contributed by atoms with Crippen LogP contribution in [0.5, 0.6) is 11.5 Å². The molecule has 1 saturated heterocycles. The normalized spacial score (nSPS) is 13.1. The summed E-state index contributed by atoms with van der Waals surface area (Å²) in [6, 6.07) is 11.3. The Balaban J connectivity index is 1.62. The maximum absolute atomic E-state index is 13.1. The van der Waals surface area contributed by atoms with Gasteiger partial charge in [0.15, 0.2) is 18.7 Å². The second-order valence-corrected chi connectivity index (χ2v) is 8.69. The highest BCUT2D eigenvalue weighted by atomic mass is 32.1. The van der Waals surface area contributed by atoms with E-state index in [2.05, 4.69) is 32.9 Å². The summed E-state index contributed by atoms with van der Waals surface area (Å²) in [7, 11) is 3.02. The molecule has 3 N–H and O–H groups in total. The molecule has 204 valence electrons. The lowest BCUT2D eigenvalue weighted by atomic mass is 10.1. The number of thiocarbonyl (C=S) groups is 1. The van der Waals surface area contributed by atoms with Crippen LogP contribution in [0.3, 0.4) is 0 Å². The molecule has 0 spiro atoms. The van der Waals surface area contributed by atoms with E-state index in [0.717, 1.165) is 38.5 Å². The standard InChI is InChI=1S/C27H34N4O6S/c1-4-5-6-21-15-23(25(37-19-34-3)16-24(21)36-18-33-2)26(32)29-30-27(38)28-22-9-7-20(8-10-22)17-31-11-13-35-14-12-31/h7-10,15-16H,6,11-14,17-19H2,1-3H3,(H,29,32)(H2,28,30,38). The van der Waals surface area contributed by atoms with Crippen LogP contribution in [0, 0.1) is 11.8 Å². The zero-order chi connectivity index (χ0) is 27.2. The molecule has 1 heterocycles. The van der Waals surface area contributed by atoms with Crippen LogP contribution in [0.2, 0.25) is 0 Å². The Morgan fingerprint density at radius 3 is 2.37 bits per heavy atom. The monoisotopic (exact) mass is 542 g/mol. The first-order valence-electron chi connectivity index (χ1n) is 12.1. The SMILES string of the molecule is CC#CCc1cc(C(=O)NNC(=S)Nc2ccc(CN3CCOCC3)cc2)c(OCOC)cc1OCOC. The van der Waals surface area contributed by atoms with Crippen molar-refractivity contribution in [3.8, 4) is 23.3 Å². The molecule has 0 unspecified atom stereocenters. The lowest BCUT2D eigenvalue weighted by Gasteiger charge is -2.26. The number of anilines is 1. The van der Waals surface area contributed by atoms with Crippen LogP contribution in [0.25, 0.3) is 0 Å². The minimum absolute atomic E-state index is 0.0392. The van der Waals surface area contributed by atoms with Gasteiger partial charge in [0.1, 0.15) is 11.5 Å². The summed E-state index contributed by atoms with van der Waals surface area (Å²) in [6.45, 7) is 6.01. The Bertz CT molecular complexity index is 1130. The molecule has 1 aliphatic rings. The number of methoxy groups -OCH3 is 2. The van der Waals surface area contributed by atoms with E-state index < -0.39 is 5.91 Å². The molecule has 0 radical (unpaired) electrons. The lowest BCUT2D eigenvalue weighted by Crippen LogP contribution is -2.43. The Morgan fingerprint density at radius 2 is 1.71 bits per heavy atom. The van der Waals surface area contributed by atoms with Crippen molar-refractivity contribution in [3.63, 3.8) is 0 Å². The molecule has 0 bridgehead atoms. The molecule has 1 amide bonds. The third-order valence-electron chi connectivity index (χ3n) is 5.54. The maximum atomic E-state index is 13.1. The van der Waals surface area contributed by atoms with Crippen molar-refractivity contribution in [2.75, 3.05) is 59.4 Å². The van der Waals surface area contributed by atoms with Crippen LogP contribution >= 0.6 is 12.2 Å². The van der Waals surface area contributed by atoms with Gasteiger partial charge in [-0.25, -0.2) is 0 Å². The fourth-order valence-electron chi connectivity index (χ4n) is 3.66. The third kappa shape index (κ3) is 9.16. The number of amides is 1. The number of hydrogen-bond acceptors (Lipinski definition) is 8. The topological polar surface area (TPSA) is 103 Å². The number of nitrogens with zero attached hydrogens (tertiary/aromatic N) is 1. The molecule has 10 nitrogen and oxygen atoms in total. The third-order valence-corrected chi connectivity index (χ3v) is 5.74. The van der Waals surface area contributed by atoms with Gasteiger partial charge >= 0.3 is 0 Å². The molecule has 2 aromatic carbocycles. The van der Waals surface area contributed by atoms with Gasteiger partial charge in [0.05, 0.1) is 18.8 Å². The average molecular weight is 543 g/mol. The van der Waals surface area contributed by atoms with E-state index in [1.54, 1.807) is 19.1 Å². The van der Waals surface area contributed by atoms with Gasteiger partial charge in [0.2, 0.25) is 0 Å². The molecular formula is C27H34N4O6S.